The Balaban J connectivity index is 0.00000180. The molecule has 0 aliphatic carbocycles. The summed E-state index contributed by atoms with van der Waals surface area (Å²) in [5, 5.41) is 3.37. The van der Waals surface area contributed by atoms with Crippen LogP contribution in [0, 0.1) is 11.8 Å². The molecule has 2 heterocycles. The van der Waals surface area contributed by atoms with Crippen molar-refractivity contribution in [1.29, 1.82) is 0 Å². The summed E-state index contributed by atoms with van der Waals surface area (Å²) in [4.78, 5) is 14.3. The largest absolute Gasteiger partial charge is 0.342 e. The van der Waals surface area contributed by atoms with Crippen molar-refractivity contribution in [2.45, 2.75) is 51.9 Å². The molecule has 112 valence electrons. The molecule has 1 N–H and O–H groups in total. The van der Waals surface area contributed by atoms with E-state index >= 15 is 0 Å². The van der Waals surface area contributed by atoms with Crippen LogP contribution in [0.25, 0.3) is 0 Å². The Labute approximate surface area is 123 Å². The Morgan fingerprint density at radius 1 is 1.26 bits per heavy atom. The van der Waals surface area contributed by atoms with Gasteiger partial charge in [0.1, 0.15) is 0 Å². The molecule has 2 fully saturated rings. The van der Waals surface area contributed by atoms with Crippen molar-refractivity contribution < 1.29 is 4.79 Å². The van der Waals surface area contributed by atoms with Gasteiger partial charge in [-0.05, 0) is 57.0 Å². The van der Waals surface area contributed by atoms with Gasteiger partial charge in [0.25, 0.3) is 0 Å². The maximum atomic E-state index is 12.2. The van der Waals surface area contributed by atoms with Crippen LogP contribution in [0.1, 0.15) is 51.9 Å². The Kier molecular flexibility index (Phi) is 7.77. The second-order valence-corrected chi connectivity index (χ2v) is 6.03. The molecular weight excluding hydrogens is 260 g/mol. The van der Waals surface area contributed by atoms with E-state index in [1.807, 2.05) is 0 Å². The molecule has 2 atom stereocenters. The van der Waals surface area contributed by atoms with Gasteiger partial charge in [-0.25, -0.2) is 0 Å². The fourth-order valence-corrected chi connectivity index (χ4v) is 3.38. The molecule has 2 saturated heterocycles. The molecule has 0 bridgehead atoms. The van der Waals surface area contributed by atoms with Crippen molar-refractivity contribution in [2.75, 3.05) is 26.2 Å². The summed E-state index contributed by atoms with van der Waals surface area (Å²) < 4.78 is 0. The van der Waals surface area contributed by atoms with Gasteiger partial charge in [-0.1, -0.05) is 13.3 Å². The van der Waals surface area contributed by atoms with Gasteiger partial charge >= 0.3 is 0 Å². The van der Waals surface area contributed by atoms with Crippen molar-refractivity contribution in [3.8, 4) is 0 Å². The second-order valence-electron chi connectivity index (χ2n) is 6.03. The first-order chi connectivity index (χ1) is 8.79. The summed E-state index contributed by atoms with van der Waals surface area (Å²) in [5.74, 6) is 1.91. The van der Waals surface area contributed by atoms with Crippen LogP contribution in [0.5, 0.6) is 0 Å². The lowest BCUT2D eigenvalue weighted by molar-refractivity contribution is -0.133. The van der Waals surface area contributed by atoms with Gasteiger partial charge in [-0.3, -0.25) is 4.79 Å². The number of likely N-dealkylation sites (tertiary alicyclic amines) is 1. The first kappa shape index (κ1) is 16.8. The number of carbonyl (C=O) groups is 1. The molecule has 0 aromatic rings. The highest BCUT2D eigenvalue weighted by molar-refractivity contribution is 5.85. The maximum Gasteiger partial charge on any atom is 0.222 e. The number of nitrogens with one attached hydrogen (secondary N) is 1. The van der Waals surface area contributed by atoms with E-state index in [2.05, 4.69) is 17.1 Å². The van der Waals surface area contributed by atoms with Crippen molar-refractivity contribution in [2.24, 2.45) is 11.8 Å². The smallest absolute Gasteiger partial charge is 0.222 e. The van der Waals surface area contributed by atoms with Gasteiger partial charge in [-0.2, -0.15) is 0 Å². The Morgan fingerprint density at radius 2 is 2.11 bits per heavy atom. The standard InChI is InChI=1S/C15H28N2O.ClH/c1-2-4-14-5-3-10-17(12-14)15(18)7-6-13-8-9-16-11-13;/h13-14,16H,2-12H2,1H3;1H. The van der Waals surface area contributed by atoms with Gasteiger partial charge in [0.2, 0.25) is 5.91 Å². The molecule has 2 rings (SSSR count). The monoisotopic (exact) mass is 288 g/mol. The van der Waals surface area contributed by atoms with E-state index in [4.69, 9.17) is 0 Å². The minimum absolute atomic E-state index is 0. The minimum Gasteiger partial charge on any atom is -0.342 e. The number of halogens is 1. The van der Waals surface area contributed by atoms with E-state index in [-0.39, 0.29) is 12.4 Å². The highest BCUT2D eigenvalue weighted by atomic mass is 35.5. The van der Waals surface area contributed by atoms with Crippen LogP contribution in [0.3, 0.4) is 0 Å². The molecule has 0 radical (unpaired) electrons. The summed E-state index contributed by atoms with van der Waals surface area (Å²) in [6, 6.07) is 0. The predicted molar refractivity (Wildman–Crippen MR) is 81.7 cm³/mol. The molecule has 2 aliphatic heterocycles. The lowest BCUT2D eigenvalue weighted by Crippen LogP contribution is -2.40. The molecule has 0 spiro atoms. The second kappa shape index (κ2) is 8.80. The first-order valence-electron chi connectivity index (χ1n) is 7.78. The van der Waals surface area contributed by atoms with Crippen LogP contribution in [0.15, 0.2) is 0 Å². The zero-order valence-electron chi connectivity index (χ0n) is 12.2. The van der Waals surface area contributed by atoms with Crippen molar-refractivity contribution >= 4 is 18.3 Å². The number of rotatable bonds is 5. The van der Waals surface area contributed by atoms with Crippen LogP contribution in [0.4, 0.5) is 0 Å². The summed E-state index contributed by atoms with van der Waals surface area (Å²) >= 11 is 0. The molecule has 1 amide bonds. The van der Waals surface area contributed by atoms with Gasteiger partial charge in [-0.15, -0.1) is 12.4 Å². The average Bonchev–Trinajstić information content (AvgIpc) is 2.90. The molecule has 2 unspecified atom stereocenters. The fourth-order valence-electron chi connectivity index (χ4n) is 3.38. The molecule has 2 aliphatic rings. The van der Waals surface area contributed by atoms with E-state index in [0.717, 1.165) is 50.9 Å². The number of amides is 1. The van der Waals surface area contributed by atoms with Crippen molar-refractivity contribution in [1.82, 2.24) is 10.2 Å². The Morgan fingerprint density at radius 3 is 2.79 bits per heavy atom. The van der Waals surface area contributed by atoms with E-state index in [9.17, 15) is 4.79 Å². The Bertz CT molecular complexity index is 265. The van der Waals surface area contributed by atoms with Crippen molar-refractivity contribution in [3.05, 3.63) is 0 Å². The Hall–Kier alpha value is -0.280. The number of piperidine rings is 1. The highest BCUT2D eigenvalue weighted by Crippen LogP contribution is 2.22. The number of nitrogens with zero attached hydrogens (tertiary/aromatic N) is 1. The summed E-state index contributed by atoms with van der Waals surface area (Å²) in [6.07, 6.45) is 8.18. The van der Waals surface area contributed by atoms with Gasteiger partial charge in [0.15, 0.2) is 0 Å². The summed E-state index contributed by atoms with van der Waals surface area (Å²) in [6.45, 7) is 6.53. The van der Waals surface area contributed by atoms with E-state index in [1.165, 1.54) is 32.1 Å². The predicted octanol–water partition coefficient (Wildman–Crippen LogP) is 2.84. The summed E-state index contributed by atoms with van der Waals surface area (Å²) in [5.41, 5.74) is 0. The minimum atomic E-state index is 0. The molecule has 3 nitrogen and oxygen atoms in total. The van der Waals surface area contributed by atoms with Crippen molar-refractivity contribution in [3.63, 3.8) is 0 Å². The lowest BCUT2D eigenvalue weighted by atomic mass is 9.93. The first-order valence-corrected chi connectivity index (χ1v) is 7.78. The third kappa shape index (κ3) is 5.31. The van der Waals surface area contributed by atoms with Gasteiger partial charge in [0.05, 0.1) is 0 Å². The van der Waals surface area contributed by atoms with E-state index in [0.29, 0.717) is 5.91 Å². The molecule has 0 aromatic heterocycles. The number of carbonyl (C=O) groups excluding carboxylic acids is 1. The third-order valence-corrected chi connectivity index (χ3v) is 4.50. The molecular formula is C15H29ClN2O. The molecule has 19 heavy (non-hydrogen) atoms. The van der Waals surface area contributed by atoms with Crippen LogP contribution >= 0.6 is 12.4 Å². The average molecular weight is 289 g/mol. The molecule has 0 aromatic carbocycles. The number of hydrogen-bond acceptors (Lipinski definition) is 2. The molecule has 4 heteroatoms. The zero-order valence-corrected chi connectivity index (χ0v) is 13.0. The van der Waals surface area contributed by atoms with Crippen LogP contribution in [0.2, 0.25) is 0 Å². The third-order valence-electron chi connectivity index (χ3n) is 4.50. The van der Waals surface area contributed by atoms with E-state index < -0.39 is 0 Å². The maximum absolute atomic E-state index is 12.2. The highest BCUT2D eigenvalue weighted by Gasteiger charge is 2.24. The molecule has 0 saturated carbocycles. The zero-order chi connectivity index (χ0) is 12.8. The quantitative estimate of drug-likeness (QED) is 0.844. The normalized spacial score (nSPS) is 27.1. The van der Waals surface area contributed by atoms with Gasteiger partial charge < -0.3 is 10.2 Å². The van der Waals surface area contributed by atoms with Crippen LogP contribution in [-0.2, 0) is 4.79 Å². The summed E-state index contributed by atoms with van der Waals surface area (Å²) in [7, 11) is 0. The lowest BCUT2D eigenvalue weighted by Gasteiger charge is -2.33. The SMILES string of the molecule is CCCC1CCCN(C(=O)CCC2CCNC2)C1.Cl. The topological polar surface area (TPSA) is 32.3 Å². The van der Waals surface area contributed by atoms with E-state index in [1.54, 1.807) is 0 Å². The van der Waals surface area contributed by atoms with Crippen LogP contribution in [-0.4, -0.2) is 37.0 Å². The fraction of sp³-hybridized carbons (Fsp3) is 0.933. The van der Waals surface area contributed by atoms with Gasteiger partial charge in [0, 0.05) is 19.5 Å². The van der Waals surface area contributed by atoms with Crippen LogP contribution < -0.4 is 5.32 Å². The number of hydrogen-bond donors (Lipinski definition) is 1.